The Kier molecular flexibility index (Phi) is 3.80. The van der Waals surface area contributed by atoms with E-state index < -0.39 is 5.96 Å². The Labute approximate surface area is 76.0 Å². The number of rotatable bonds is 5. The molecule has 1 aliphatic rings. The maximum atomic E-state index is 5.63. The van der Waals surface area contributed by atoms with Gasteiger partial charge in [0.25, 0.3) is 0 Å². The molecule has 0 aliphatic heterocycles. The molecule has 0 atom stereocenters. The molecule has 11 heavy (non-hydrogen) atoms. The van der Waals surface area contributed by atoms with Gasteiger partial charge in [0.2, 0.25) is 0 Å². The van der Waals surface area contributed by atoms with E-state index in [2.05, 4.69) is 15.1 Å². The van der Waals surface area contributed by atoms with E-state index in [-0.39, 0.29) is 0 Å². The van der Waals surface area contributed by atoms with Crippen LogP contribution in [0.1, 0.15) is 26.7 Å². The molecule has 0 unspecified atom stereocenters. The van der Waals surface area contributed by atoms with Crippen molar-refractivity contribution < 1.29 is 9.05 Å². The summed E-state index contributed by atoms with van der Waals surface area (Å²) in [6, 6.07) is 0. The summed E-state index contributed by atoms with van der Waals surface area (Å²) in [6.07, 6.45) is 2.56. The van der Waals surface area contributed by atoms with E-state index in [1.54, 1.807) is 0 Å². The van der Waals surface area contributed by atoms with Gasteiger partial charge in [-0.05, 0) is 0 Å². The van der Waals surface area contributed by atoms with Crippen molar-refractivity contribution in [2.75, 3.05) is 13.2 Å². The summed E-state index contributed by atoms with van der Waals surface area (Å²) < 4.78 is 11.3. The molecule has 0 aromatic rings. The summed E-state index contributed by atoms with van der Waals surface area (Å²) in [6.45, 7) is 5.57. The van der Waals surface area contributed by atoms with Crippen molar-refractivity contribution in [2.45, 2.75) is 32.3 Å². The third-order valence-corrected chi connectivity index (χ3v) is 7.46. The molecule has 0 radical (unpaired) electrons. The van der Waals surface area contributed by atoms with Crippen LogP contribution in [0, 0.1) is 0 Å². The second-order valence-corrected chi connectivity index (χ2v) is 8.14. The van der Waals surface area contributed by atoms with Crippen molar-refractivity contribution in [3.8, 4) is 0 Å². The van der Waals surface area contributed by atoms with Gasteiger partial charge < -0.3 is 0 Å². The average molecular weight is 241 g/mol. The van der Waals surface area contributed by atoms with Gasteiger partial charge >= 0.3 is 75.7 Å². The van der Waals surface area contributed by atoms with Gasteiger partial charge in [-0.3, -0.25) is 0 Å². The van der Waals surface area contributed by atoms with Crippen LogP contribution < -0.4 is 0 Å². The van der Waals surface area contributed by atoms with Crippen LogP contribution >= 0.6 is 5.96 Å². The number of hydrogen-bond donors (Lipinski definition) is 0. The van der Waals surface area contributed by atoms with E-state index in [9.17, 15) is 0 Å². The van der Waals surface area contributed by atoms with Crippen LogP contribution in [0.4, 0.5) is 0 Å². The molecule has 1 fully saturated rings. The van der Waals surface area contributed by atoms with E-state index >= 15 is 0 Å². The molecule has 0 bridgehead atoms. The molecule has 0 N–H and O–H groups in total. The Morgan fingerprint density at radius 2 is 1.73 bits per heavy atom. The van der Waals surface area contributed by atoms with Crippen LogP contribution in [-0.2, 0) is 9.05 Å². The van der Waals surface area contributed by atoms with E-state index in [0.29, 0.717) is 5.66 Å². The van der Waals surface area contributed by atoms with Gasteiger partial charge in [0, 0.05) is 0 Å². The molecule has 0 heterocycles. The topological polar surface area (TPSA) is 18.5 Å². The Morgan fingerprint density at radius 3 is 2.00 bits per heavy atom. The first kappa shape index (κ1) is 9.95. The van der Waals surface area contributed by atoms with Gasteiger partial charge in [0.05, 0.1) is 0 Å². The van der Waals surface area contributed by atoms with Gasteiger partial charge in [-0.25, -0.2) is 0 Å². The van der Waals surface area contributed by atoms with E-state index in [1.165, 1.54) is 12.8 Å². The van der Waals surface area contributed by atoms with Crippen LogP contribution in [0.2, 0.25) is 0 Å². The fourth-order valence-corrected chi connectivity index (χ4v) is 5.65. The van der Waals surface area contributed by atoms with E-state index in [4.69, 9.17) is 9.05 Å². The summed E-state index contributed by atoms with van der Waals surface area (Å²) in [4.78, 5) is 0. The van der Waals surface area contributed by atoms with E-state index in [0.717, 1.165) is 13.2 Å². The van der Waals surface area contributed by atoms with Crippen LogP contribution in [-0.4, -0.2) is 34.0 Å². The SMILES string of the molecule is CCOP(=[Se])(OCC)C1CC1. The Bertz CT molecular complexity index is 158. The van der Waals surface area contributed by atoms with Crippen molar-refractivity contribution in [3.63, 3.8) is 0 Å². The van der Waals surface area contributed by atoms with Gasteiger partial charge in [-0.1, -0.05) is 0 Å². The first-order valence-corrected chi connectivity index (χ1v) is 8.02. The van der Waals surface area contributed by atoms with Crippen molar-refractivity contribution in [1.29, 1.82) is 0 Å². The predicted molar refractivity (Wildman–Crippen MR) is 48.9 cm³/mol. The predicted octanol–water partition coefficient (Wildman–Crippen LogP) is 2.15. The zero-order valence-corrected chi connectivity index (χ0v) is 9.69. The molecular formula is C7H15O2PSe. The fraction of sp³-hybridized carbons (Fsp3) is 1.00. The van der Waals surface area contributed by atoms with Crippen molar-refractivity contribution in [1.82, 2.24) is 0 Å². The first-order valence-electron chi connectivity index (χ1n) is 4.11. The van der Waals surface area contributed by atoms with Gasteiger partial charge in [0.15, 0.2) is 0 Å². The molecule has 0 amide bonds. The quantitative estimate of drug-likeness (QED) is 0.542. The molecular weight excluding hydrogens is 226 g/mol. The molecule has 66 valence electrons. The van der Waals surface area contributed by atoms with Crippen LogP contribution in [0.3, 0.4) is 0 Å². The first-order chi connectivity index (χ1) is 5.23. The van der Waals surface area contributed by atoms with Crippen LogP contribution in [0.25, 0.3) is 0 Å². The summed E-state index contributed by atoms with van der Waals surface area (Å²) >= 11 is 3.12. The second-order valence-electron chi connectivity index (χ2n) is 2.61. The molecule has 0 spiro atoms. The second kappa shape index (κ2) is 4.20. The normalized spacial score (nSPS) is 18.7. The molecule has 2 nitrogen and oxygen atoms in total. The minimum absolute atomic E-state index is 0.697. The van der Waals surface area contributed by atoms with Gasteiger partial charge in [-0.2, -0.15) is 0 Å². The van der Waals surface area contributed by atoms with Crippen LogP contribution in [0.15, 0.2) is 0 Å². The average Bonchev–Trinajstić information content (AvgIpc) is 2.68. The minimum atomic E-state index is -1.56. The third kappa shape index (κ3) is 2.68. The van der Waals surface area contributed by atoms with E-state index in [1.807, 2.05) is 13.8 Å². The summed E-state index contributed by atoms with van der Waals surface area (Å²) in [5, 5.41) is 0. The molecule has 4 heteroatoms. The van der Waals surface area contributed by atoms with Crippen molar-refractivity contribution in [3.05, 3.63) is 0 Å². The summed E-state index contributed by atoms with van der Waals surface area (Å²) in [5.41, 5.74) is 0.697. The van der Waals surface area contributed by atoms with Gasteiger partial charge in [0.1, 0.15) is 0 Å². The van der Waals surface area contributed by atoms with Crippen LogP contribution in [0.5, 0.6) is 0 Å². The fourth-order valence-electron chi connectivity index (χ4n) is 0.999. The Morgan fingerprint density at radius 1 is 1.27 bits per heavy atom. The van der Waals surface area contributed by atoms with Gasteiger partial charge in [-0.15, -0.1) is 0 Å². The Hall–Kier alpha value is 0.869. The zero-order chi connectivity index (χ0) is 8.32. The third-order valence-electron chi connectivity index (χ3n) is 1.61. The molecule has 1 rings (SSSR count). The van der Waals surface area contributed by atoms with Crippen molar-refractivity contribution >= 4 is 21.1 Å². The standard InChI is InChI=1S/C7H15O2PSe/c1-3-8-10(11,9-4-2)7-5-6-7/h7H,3-6H2,1-2H3. The molecule has 0 saturated heterocycles. The molecule has 1 aliphatic carbocycles. The van der Waals surface area contributed by atoms with Crippen molar-refractivity contribution in [2.24, 2.45) is 0 Å². The molecule has 0 aromatic carbocycles. The molecule has 1 saturated carbocycles. The number of hydrogen-bond acceptors (Lipinski definition) is 2. The Balaban J connectivity index is 2.47. The summed E-state index contributed by atoms with van der Waals surface area (Å²) in [5.74, 6) is -1.56. The zero-order valence-electron chi connectivity index (χ0n) is 7.08. The molecule has 0 aromatic heterocycles. The maximum absolute atomic E-state index is 5.63. The monoisotopic (exact) mass is 242 g/mol. The summed E-state index contributed by atoms with van der Waals surface area (Å²) in [7, 11) is 0.